The SMILES string of the molecule is O=C(NCc1cccnc1OCC(F)(F)F)c1cc(OCC(F)(F)F)ccc1[N+](=O)[O-]. The van der Waals surface area contributed by atoms with E-state index in [-0.39, 0.29) is 5.56 Å². The van der Waals surface area contributed by atoms with Crippen LogP contribution in [0.25, 0.3) is 0 Å². The number of hydrogen-bond acceptors (Lipinski definition) is 6. The highest BCUT2D eigenvalue weighted by Gasteiger charge is 2.30. The largest absolute Gasteiger partial charge is 0.484 e. The Morgan fingerprint density at radius 3 is 2.32 bits per heavy atom. The van der Waals surface area contributed by atoms with E-state index >= 15 is 0 Å². The van der Waals surface area contributed by atoms with Gasteiger partial charge in [0.2, 0.25) is 5.88 Å². The maximum atomic E-state index is 12.4. The summed E-state index contributed by atoms with van der Waals surface area (Å²) >= 11 is 0. The zero-order chi connectivity index (χ0) is 23.2. The molecule has 0 saturated heterocycles. The number of amides is 1. The molecule has 31 heavy (non-hydrogen) atoms. The summed E-state index contributed by atoms with van der Waals surface area (Å²) in [4.78, 5) is 26.2. The Morgan fingerprint density at radius 1 is 1.06 bits per heavy atom. The Hall–Kier alpha value is -3.58. The zero-order valence-corrected chi connectivity index (χ0v) is 15.3. The van der Waals surface area contributed by atoms with Gasteiger partial charge in [-0.05, 0) is 18.2 Å². The molecule has 0 atom stereocenters. The lowest BCUT2D eigenvalue weighted by molar-refractivity contribution is -0.385. The van der Waals surface area contributed by atoms with Crippen LogP contribution >= 0.6 is 0 Å². The smallest absolute Gasteiger partial charge is 0.422 e. The summed E-state index contributed by atoms with van der Waals surface area (Å²) in [5, 5.41) is 13.4. The van der Waals surface area contributed by atoms with Gasteiger partial charge in [0.15, 0.2) is 13.2 Å². The first-order chi connectivity index (χ1) is 14.4. The fraction of sp³-hybridized carbons (Fsp3) is 0.294. The monoisotopic (exact) mass is 453 g/mol. The Kier molecular flexibility index (Phi) is 7.25. The predicted octanol–water partition coefficient (Wildman–Crippen LogP) is 3.80. The Morgan fingerprint density at radius 2 is 1.71 bits per heavy atom. The molecule has 8 nitrogen and oxygen atoms in total. The third-order valence-electron chi connectivity index (χ3n) is 3.47. The number of nitro benzene ring substituents is 1. The average Bonchev–Trinajstić information content (AvgIpc) is 2.68. The number of nitro groups is 1. The first kappa shape index (κ1) is 23.7. The lowest BCUT2D eigenvalue weighted by atomic mass is 10.1. The summed E-state index contributed by atoms with van der Waals surface area (Å²) in [5.41, 5.74) is -1.28. The van der Waals surface area contributed by atoms with Gasteiger partial charge in [0.05, 0.1) is 4.92 Å². The van der Waals surface area contributed by atoms with Crippen LogP contribution in [0.2, 0.25) is 0 Å². The van der Waals surface area contributed by atoms with E-state index in [1.54, 1.807) is 0 Å². The molecule has 1 aromatic heterocycles. The summed E-state index contributed by atoms with van der Waals surface area (Å²) in [7, 11) is 0. The van der Waals surface area contributed by atoms with Crippen molar-refractivity contribution in [3.8, 4) is 11.6 Å². The molecule has 1 amide bonds. The van der Waals surface area contributed by atoms with E-state index in [0.29, 0.717) is 0 Å². The maximum Gasteiger partial charge on any atom is 0.422 e. The van der Waals surface area contributed by atoms with Crippen LogP contribution in [0.3, 0.4) is 0 Å². The predicted molar refractivity (Wildman–Crippen MR) is 91.6 cm³/mol. The summed E-state index contributed by atoms with van der Waals surface area (Å²) in [6, 6.07) is 5.10. The highest BCUT2D eigenvalue weighted by Crippen LogP contribution is 2.26. The molecule has 0 radical (unpaired) electrons. The molecule has 2 aromatic rings. The molecule has 2 rings (SSSR count). The third-order valence-corrected chi connectivity index (χ3v) is 3.47. The van der Waals surface area contributed by atoms with Gasteiger partial charge in [-0.1, -0.05) is 6.07 Å². The van der Waals surface area contributed by atoms with Gasteiger partial charge in [-0.3, -0.25) is 14.9 Å². The van der Waals surface area contributed by atoms with Crippen LogP contribution in [-0.2, 0) is 6.54 Å². The topological polar surface area (TPSA) is 104 Å². The summed E-state index contributed by atoms with van der Waals surface area (Å²) in [6.07, 6.45) is -8.14. The number of pyridine rings is 1. The van der Waals surface area contributed by atoms with E-state index in [0.717, 1.165) is 24.4 Å². The van der Waals surface area contributed by atoms with E-state index in [1.165, 1.54) is 12.1 Å². The molecule has 0 spiro atoms. The normalized spacial score (nSPS) is 11.7. The molecule has 0 unspecified atom stereocenters. The van der Waals surface area contributed by atoms with Crippen molar-refractivity contribution in [2.75, 3.05) is 13.2 Å². The minimum atomic E-state index is -4.67. The van der Waals surface area contributed by atoms with E-state index in [2.05, 4.69) is 19.8 Å². The van der Waals surface area contributed by atoms with Gasteiger partial charge in [0.1, 0.15) is 11.3 Å². The first-order valence-electron chi connectivity index (χ1n) is 8.25. The summed E-state index contributed by atoms with van der Waals surface area (Å²) in [6.45, 7) is -3.73. The van der Waals surface area contributed by atoms with Crippen LogP contribution in [0.4, 0.5) is 32.0 Å². The van der Waals surface area contributed by atoms with Crippen LogP contribution < -0.4 is 14.8 Å². The number of benzene rings is 1. The molecule has 168 valence electrons. The third kappa shape index (κ3) is 7.64. The first-order valence-corrected chi connectivity index (χ1v) is 8.25. The Balaban J connectivity index is 2.17. The van der Waals surface area contributed by atoms with Crippen molar-refractivity contribution in [1.29, 1.82) is 0 Å². The molecule has 1 N–H and O–H groups in total. The molecular formula is C17H13F6N3O5. The van der Waals surface area contributed by atoms with Crippen LogP contribution in [0.5, 0.6) is 11.6 Å². The van der Waals surface area contributed by atoms with Gasteiger partial charge in [-0.25, -0.2) is 4.98 Å². The Labute approximate surface area is 169 Å². The highest BCUT2D eigenvalue weighted by atomic mass is 19.4. The van der Waals surface area contributed by atoms with Crippen molar-refractivity contribution in [2.45, 2.75) is 18.9 Å². The van der Waals surface area contributed by atoms with Crippen molar-refractivity contribution in [2.24, 2.45) is 0 Å². The molecule has 0 aliphatic rings. The molecule has 1 heterocycles. The van der Waals surface area contributed by atoms with Gasteiger partial charge in [-0.2, -0.15) is 26.3 Å². The molecule has 0 fully saturated rings. The van der Waals surface area contributed by atoms with Crippen molar-refractivity contribution < 1.29 is 45.5 Å². The zero-order valence-electron chi connectivity index (χ0n) is 15.3. The van der Waals surface area contributed by atoms with Crippen LogP contribution in [0.15, 0.2) is 36.5 Å². The van der Waals surface area contributed by atoms with Gasteiger partial charge < -0.3 is 14.8 Å². The number of hydrogen-bond donors (Lipinski definition) is 1. The van der Waals surface area contributed by atoms with Crippen LogP contribution in [0.1, 0.15) is 15.9 Å². The lowest BCUT2D eigenvalue weighted by Crippen LogP contribution is -2.25. The van der Waals surface area contributed by atoms with Crippen molar-refractivity contribution in [3.63, 3.8) is 0 Å². The van der Waals surface area contributed by atoms with Crippen molar-refractivity contribution >= 4 is 11.6 Å². The Bertz CT molecular complexity index is 949. The second-order valence-electron chi connectivity index (χ2n) is 5.89. The highest BCUT2D eigenvalue weighted by molar-refractivity contribution is 5.98. The van der Waals surface area contributed by atoms with Gasteiger partial charge in [0, 0.05) is 24.4 Å². The fourth-order valence-corrected chi connectivity index (χ4v) is 2.22. The van der Waals surface area contributed by atoms with E-state index < -0.39 is 65.8 Å². The number of halogens is 6. The molecule has 0 aliphatic carbocycles. The summed E-state index contributed by atoms with van der Waals surface area (Å²) in [5.74, 6) is -1.93. The fourth-order valence-electron chi connectivity index (χ4n) is 2.22. The molecular weight excluding hydrogens is 440 g/mol. The second kappa shape index (κ2) is 9.49. The van der Waals surface area contributed by atoms with E-state index in [4.69, 9.17) is 0 Å². The minimum Gasteiger partial charge on any atom is -0.484 e. The molecule has 0 bridgehead atoms. The van der Waals surface area contributed by atoms with Crippen LogP contribution in [0, 0.1) is 10.1 Å². The molecule has 14 heteroatoms. The minimum absolute atomic E-state index is 0.0345. The maximum absolute atomic E-state index is 12.4. The van der Waals surface area contributed by atoms with Crippen molar-refractivity contribution in [1.82, 2.24) is 10.3 Å². The van der Waals surface area contributed by atoms with Gasteiger partial charge in [0.25, 0.3) is 11.6 Å². The summed E-state index contributed by atoms with van der Waals surface area (Å²) < 4.78 is 82.9. The number of carbonyl (C=O) groups excluding carboxylic acids is 1. The second-order valence-corrected chi connectivity index (χ2v) is 5.89. The quantitative estimate of drug-likeness (QED) is 0.371. The number of alkyl halides is 6. The standard InChI is InChI=1S/C17H13F6N3O5/c18-16(19,20)8-30-11-3-4-13(26(28)29)12(6-11)14(27)25-7-10-2-1-5-24-15(10)31-9-17(21,22)23/h1-6H,7-9H2,(H,25,27). The van der Waals surface area contributed by atoms with E-state index in [9.17, 15) is 41.3 Å². The van der Waals surface area contributed by atoms with Gasteiger partial charge in [-0.15, -0.1) is 0 Å². The molecule has 0 saturated carbocycles. The number of carbonyl (C=O) groups is 1. The number of aromatic nitrogens is 1. The lowest BCUT2D eigenvalue weighted by Gasteiger charge is -2.13. The van der Waals surface area contributed by atoms with E-state index in [1.807, 2.05) is 0 Å². The number of ether oxygens (including phenoxy) is 2. The van der Waals surface area contributed by atoms with Gasteiger partial charge >= 0.3 is 12.4 Å². The molecule has 1 aromatic carbocycles. The van der Waals surface area contributed by atoms with Crippen molar-refractivity contribution in [3.05, 3.63) is 57.8 Å². The molecule has 0 aliphatic heterocycles. The average molecular weight is 453 g/mol. The number of nitrogens with one attached hydrogen (secondary N) is 1. The number of rotatable bonds is 8. The van der Waals surface area contributed by atoms with Crippen LogP contribution in [-0.4, -0.2) is 41.4 Å². The number of nitrogens with zero attached hydrogens (tertiary/aromatic N) is 2.